The number of hydrogen-bond donors (Lipinski definition) is 0. The van der Waals surface area contributed by atoms with Crippen LogP contribution in [0.25, 0.3) is 0 Å². The van der Waals surface area contributed by atoms with Crippen LogP contribution in [0.2, 0.25) is 5.02 Å². The van der Waals surface area contributed by atoms with E-state index in [1.165, 1.54) is 25.3 Å². The monoisotopic (exact) mass is 426 g/mol. The van der Waals surface area contributed by atoms with Crippen molar-refractivity contribution in [3.05, 3.63) is 76.3 Å². The molecule has 0 N–H and O–H groups in total. The first kappa shape index (κ1) is 21.3. The van der Waals surface area contributed by atoms with Gasteiger partial charge in [0.15, 0.2) is 6.04 Å². The number of methoxy groups -OCH3 is 2. The van der Waals surface area contributed by atoms with Crippen molar-refractivity contribution in [1.82, 2.24) is 0 Å². The molecule has 0 fully saturated rings. The Morgan fingerprint density at radius 2 is 1.60 bits per heavy atom. The molecule has 7 nitrogen and oxygen atoms in total. The molecule has 1 unspecified atom stereocenters. The largest absolute Gasteiger partial charge is 0.467 e. The van der Waals surface area contributed by atoms with Gasteiger partial charge in [0.1, 0.15) is 5.71 Å². The van der Waals surface area contributed by atoms with E-state index in [1.807, 2.05) is 19.1 Å². The Balaban J connectivity index is 2.15. The van der Waals surface area contributed by atoms with Crippen LogP contribution < -0.4 is 5.01 Å². The van der Waals surface area contributed by atoms with Crippen LogP contribution in [0, 0.1) is 6.92 Å². The highest BCUT2D eigenvalue weighted by molar-refractivity contribution is 6.51. The second-order valence-electron chi connectivity index (χ2n) is 6.52. The Bertz CT molecular complexity index is 1040. The highest BCUT2D eigenvalue weighted by Crippen LogP contribution is 2.28. The zero-order chi connectivity index (χ0) is 21.8. The molecule has 30 heavy (non-hydrogen) atoms. The Hall–Kier alpha value is -3.45. The van der Waals surface area contributed by atoms with Crippen molar-refractivity contribution in [3.8, 4) is 0 Å². The van der Waals surface area contributed by atoms with Crippen LogP contribution in [0.3, 0.4) is 0 Å². The number of Topliss-reactive ketones (excluding diaryl/α,β-unsaturated/α-hetero) is 1. The van der Waals surface area contributed by atoms with Gasteiger partial charge in [-0.3, -0.25) is 4.79 Å². The number of allylic oxidation sites excluding steroid dienone is 1. The smallest absolute Gasteiger partial charge is 0.336 e. The summed E-state index contributed by atoms with van der Waals surface area (Å²) in [7, 11) is 2.41. The summed E-state index contributed by atoms with van der Waals surface area (Å²) in [4.78, 5) is 38.1. The maximum absolute atomic E-state index is 13.0. The fourth-order valence-corrected chi connectivity index (χ4v) is 3.08. The number of carbonyl (C=O) groups excluding carboxylic acids is 3. The van der Waals surface area contributed by atoms with E-state index in [-0.39, 0.29) is 11.3 Å². The van der Waals surface area contributed by atoms with Crippen LogP contribution in [0.1, 0.15) is 15.9 Å². The maximum Gasteiger partial charge on any atom is 0.336 e. The van der Waals surface area contributed by atoms with Crippen LogP contribution in [0.4, 0.5) is 5.69 Å². The van der Waals surface area contributed by atoms with Crippen molar-refractivity contribution in [3.63, 3.8) is 0 Å². The molecule has 3 rings (SSSR count). The molecule has 0 saturated heterocycles. The summed E-state index contributed by atoms with van der Waals surface area (Å²) in [5.41, 5.74) is 1.75. The number of benzene rings is 2. The fraction of sp³-hybridized carbons (Fsp3) is 0.182. The first-order valence-corrected chi connectivity index (χ1v) is 9.36. The predicted octanol–water partition coefficient (Wildman–Crippen LogP) is 3.35. The van der Waals surface area contributed by atoms with E-state index in [9.17, 15) is 14.4 Å². The van der Waals surface area contributed by atoms with E-state index in [0.29, 0.717) is 16.3 Å². The van der Waals surface area contributed by atoms with Crippen molar-refractivity contribution in [2.24, 2.45) is 5.10 Å². The van der Waals surface area contributed by atoms with E-state index in [0.717, 1.165) is 5.56 Å². The van der Waals surface area contributed by atoms with Gasteiger partial charge < -0.3 is 9.47 Å². The molecule has 0 radical (unpaired) electrons. The first-order valence-electron chi connectivity index (χ1n) is 8.98. The topological polar surface area (TPSA) is 85.3 Å². The van der Waals surface area contributed by atoms with Crippen molar-refractivity contribution in [2.45, 2.75) is 13.0 Å². The number of ether oxygens (including phenoxy) is 2. The minimum absolute atomic E-state index is 0.0292. The predicted molar refractivity (Wildman–Crippen MR) is 113 cm³/mol. The number of hydrogen-bond acceptors (Lipinski definition) is 7. The lowest BCUT2D eigenvalue weighted by Gasteiger charge is -2.31. The highest BCUT2D eigenvalue weighted by atomic mass is 35.5. The third kappa shape index (κ3) is 4.26. The number of nitrogens with zero attached hydrogens (tertiary/aromatic N) is 2. The number of hydrazone groups is 1. The first-order chi connectivity index (χ1) is 14.3. The Kier molecular flexibility index (Phi) is 6.32. The van der Waals surface area contributed by atoms with Gasteiger partial charge in [-0.05, 0) is 49.4 Å². The van der Waals surface area contributed by atoms with Crippen LogP contribution >= 0.6 is 11.6 Å². The van der Waals surface area contributed by atoms with Gasteiger partial charge in [-0.15, -0.1) is 0 Å². The third-order valence-corrected chi connectivity index (χ3v) is 4.78. The molecule has 2 aromatic rings. The minimum Gasteiger partial charge on any atom is -0.467 e. The second-order valence-corrected chi connectivity index (χ2v) is 6.95. The molecular formula is C22H19ClN2O5. The molecule has 0 spiro atoms. The van der Waals surface area contributed by atoms with Crippen molar-refractivity contribution < 1.29 is 23.9 Å². The van der Waals surface area contributed by atoms with Crippen LogP contribution in [-0.4, -0.2) is 43.7 Å². The van der Waals surface area contributed by atoms with Gasteiger partial charge in [0.25, 0.3) is 0 Å². The van der Waals surface area contributed by atoms with Gasteiger partial charge in [0, 0.05) is 10.6 Å². The molecule has 1 aliphatic heterocycles. The summed E-state index contributed by atoms with van der Waals surface area (Å²) in [5.74, 6) is -1.92. The summed E-state index contributed by atoms with van der Waals surface area (Å²) in [6.07, 6.45) is 1.26. The molecule has 1 heterocycles. The maximum atomic E-state index is 13.0. The SMILES string of the molecule is COC(=O)C1=CC(C(=O)c2ccc(Cl)cc2)=NN(c2ccc(C)cc2)C1C(=O)OC. The number of aryl methyl sites for hydroxylation is 1. The van der Waals surface area contributed by atoms with Crippen LogP contribution in [-0.2, 0) is 19.1 Å². The van der Waals surface area contributed by atoms with Gasteiger partial charge in [-0.2, -0.15) is 5.10 Å². The highest BCUT2D eigenvalue weighted by Gasteiger charge is 2.39. The number of carbonyl (C=O) groups is 3. The number of esters is 2. The van der Waals surface area contributed by atoms with Crippen LogP contribution in [0.15, 0.2) is 65.3 Å². The zero-order valence-corrected chi connectivity index (χ0v) is 17.3. The van der Waals surface area contributed by atoms with E-state index < -0.39 is 23.8 Å². The average molecular weight is 427 g/mol. The van der Waals surface area contributed by atoms with E-state index in [4.69, 9.17) is 21.1 Å². The minimum atomic E-state index is -1.20. The molecule has 0 saturated carbocycles. The number of rotatable bonds is 5. The number of ketones is 1. The second kappa shape index (κ2) is 8.92. The van der Waals surface area contributed by atoms with Crippen LogP contribution in [0.5, 0.6) is 0 Å². The summed E-state index contributed by atoms with van der Waals surface area (Å²) >= 11 is 5.90. The molecule has 8 heteroatoms. The summed E-state index contributed by atoms with van der Waals surface area (Å²) in [6.45, 7) is 1.91. The van der Waals surface area contributed by atoms with E-state index in [2.05, 4.69) is 5.10 Å². The Morgan fingerprint density at radius 3 is 2.17 bits per heavy atom. The average Bonchev–Trinajstić information content (AvgIpc) is 2.77. The Labute approximate surface area is 178 Å². The van der Waals surface area contributed by atoms with Crippen molar-refractivity contribution in [1.29, 1.82) is 0 Å². The normalized spacial score (nSPS) is 15.7. The standard InChI is InChI=1S/C22H19ClN2O5/c1-13-4-10-16(11-5-13)25-19(22(28)30-3)17(21(27)29-2)12-18(24-25)20(26)14-6-8-15(23)9-7-14/h4-12,19H,1-3H3. The lowest BCUT2D eigenvalue weighted by molar-refractivity contribution is -0.144. The van der Waals surface area contributed by atoms with Gasteiger partial charge >= 0.3 is 11.9 Å². The van der Waals surface area contributed by atoms with Gasteiger partial charge in [0.05, 0.1) is 25.5 Å². The lowest BCUT2D eigenvalue weighted by Crippen LogP contribution is -2.46. The molecule has 154 valence electrons. The number of halogens is 1. The van der Waals surface area contributed by atoms with Gasteiger partial charge in [-0.25, -0.2) is 14.6 Å². The lowest BCUT2D eigenvalue weighted by atomic mass is 9.98. The van der Waals surface area contributed by atoms with E-state index in [1.54, 1.807) is 36.4 Å². The quantitative estimate of drug-likeness (QED) is 0.538. The van der Waals surface area contributed by atoms with Crippen molar-refractivity contribution >= 4 is 40.7 Å². The summed E-state index contributed by atoms with van der Waals surface area (Å²) in [6, 6.07) is 12.2. The molecular weight excluding hydrogens is 408 g/mol. The molecule has 0 aromatic heterocycles. The van der Waals surface area contributed by atoms with Crippen molar-refractivity contribution in [2.75, 3.05) is 19.2 Å². The zero-order valence-electron chi connectivity index (χ0n) is 16.6. The Morgan fingerprint density at radius 1 is 0.967 bits per heavy atom. The summed E-state index contributed by atoms with van der Waals surface area (Å²) in [5, 5.41) is 6.15. The molecule has 1 aliphatic rings. The van der Waals surface area contributed by atoms with Gasteiger partial charge in [-0.1, -0.05) is 29.3 Å². The third-order valence-electron chi connectivity index (χ3n) is 4.53. The van der Waals surface area contributed by atoms with Gasteiger partial charge in [0.2, 0.25) is 5.78 Å². The number of anilines is 1. The molecule has 0 amide bonds. The molecule has 1 atom stereocenters. The fourth-order valence-electron chi connectivity index (χ4n) is 2.95. The molecule has 2 aromatic carbocycles. The molecule has 0 bridgehead atoms. The summed E-state index contributed by atoms with van der Waals surface area (Å²) < 4.78 is 9.73. The van der Waals surface area contributed by atoms with E-state index >= 15 is 0 Å². The molecule has 0 aliphatic carbocycles.